The first-order chi connectivity index (χ1) is 14.2. The number of aryl methyl sites for hydroxylation is 1. The van der Waals surface area contributed by atoms with Gasteiger partial charge in [0, 0.05) is 37.8 Å². The summed E-state index contributed by atoms with van der Waals surface area (Å²) in [6.07, 6.45) is 0. The van der Waals surface area contributed by atoms with E-state index in [-0.39, 0.29) is 0 Å². The molecule has 0 aliphatic heterocycles. The number of ether oxygens (including phenoxy) is 2. The topological polar surface area (TPSA) is 56.7 Å². The molecule has 29 heavy (non-hydrogen) atoms. The first-order valence-corrected chi connectivity index (χ1v) is 9.74. The minimum Gasteiger partial charge on any atom is -0.493 e. The number of aromatic amines is 1. The van der Waals surface area contributed by atoms with Crippen LogP contribution < -0.4 is 25.1 Å². The molecule has 0 amide bonds. The second-order valence-corrected chi connectivity index (χ2v) is 7.00. The van der Waals surface area contributed by atoms with Crippen molar-refractivity contribution in [3.05, 3.63) is 66.4 Å². The fourth-order valence-electron chi connectivity index (χ4n) is 3.65. The number of nitrogens with one attached hydrogen (secondary N) is 3. The van der Waals surface area contributed by atoms with Crippen molar-refractivity contribution in [2.45, 2.75) is 6.92 Å². The zero-order valence-electron chi connectivity index (χ0n) is 17.0. The molecule has 5 nitrogen and oxygen atoms in total. The van der Waals surface area contributed by atoms with E-state index in [1.54, 1.807) is 14.2 Å². The Bertz CT molecular complexity index is 1160. The molecule has 0 fully saturated rings. The van der Waals surface area contributed by atoms with Gasteiger partial charge in [-0.25, -0.2) is 4.98 Å². The van der Waals surface area contributed by atoms with Crippen molar-refractivity contribution in [1.29, 1.82) is 0 Å². The fraction of sp³-hybridized carbons (Fsp3) is 0.208. The summed E-state index contributed by atoms with van der Waals surface area (Å²) in [5.74, 6) is 1.45. The Hall–Kier alpha value is -3.47. The Kier molecular flexibility index (Phi) is 5.38. The molecule has 0 atom stereocenters. The molecule has 3 N–H and O–H groups in total. The number of aromatic nitrogens is 1. The van der Waals surface area contributed by atoms with E-state index in [0.29, 0.717) is 0 Å². The lowest BCUT2D eigenvalue weighted by Crippen LogP contribution is -2.16. The third-order valence-electron chi connectivity index (χ3n) is 5.06. The number of methoxy groups -OCH3 is 2. The summed E-state index contributed by atoms with van der Waals surface area (Å²) in [5, 5.41) is 10.7. The molecule has 148 valence electrons. The highest BCUT2D eigenvalue weighted by molar-refractivity contribution is 6.07. The van der Waals surface area contributed by atoms with Gasteiger partial charge in [0.2, 0.25) is 5.52 Å². The van der Waals surface area contributed by atoms with Crippen LogP contribution in [0.3, 0.4) is 0 Å². The molecule has 0 bridgehead atoms. The Balaban J connectivity index is 1.49. The monoisotopic (exact) mass is 388 g/mol. The molecule has 3 aromatic carbocycles. The van der Waals surface area contributed by atoms with Gasteiger partial charge in [0.1, 0.15) is 0 Å². The van der Waals surface area contributed by atoms with Crippen LogP contribution >= 0.6 is 0 Å². The second kappa shape index (κ2) is 8.27. The first-order valence-electron chi connectivity index (χ1n) is 9.74. The lowest BCUT2D eigenvalue weighted by molar-refractivity contribution is -0.353. The summed E-state index contributed by atoms with van der Waals surface area (Å²) < 4.78 is 10.7. The van der Waals surface area contributed by atoms with Gasteiger partial charge in [-0.2, -0.15) is 0 Å². The number of H-pyrrole nitrogens is 1. The quantitative estimate of drug-likeness (QED) is 0.357. The molecule has 0 aliphatic carbocycles. The van der Waals surface area contributed by atoms with Crippen LogP contribution in [-0.2, 0) is 0 Å². The molecule has 0 radical (unpaired) electrons. The Labute approximate surface area is 170 Å². The van der Waals surface area contributed by atoms with Gasteiger partial charge in [0.25, 0.3) is 0 Å². The van der Waals surface area contributed by atoms with Crippen molar-refractivity contribution in [3.63, 3.8) is 0 Å². The normalized spacial score (nSPS) is 10.9. The summed E-state index contributed by atoms with van der Waals surface area (Å²) in [6.45, 7) is 3.66. The molecule has 0 saturated carbocycles. The van der Waals surface area contributed by atoms with Gasteiger partial charge in [-0.05, 0) is 29.7 Å². The van der Waals surface area contributed by atoms with Crippen LogP contribution in [-0.4, -0.2) is 27.3 Å². The summed E-state index contributed by atoms with van der Waals surface area (Å²) in [7, 11) is 3.29. The molecule has 0 saturated heterocycles. The molecular formula is C24H26N3O2+. The van der Waals surface area contributed by atoms with E-state index < -0.39 is 0 Å². The molecule has 4 aromatic rings. The second-order valence-electron chi connectivity index (χ2n) is 7.00. The predicted octanol–water partition coefficient (Wildman–Crippen LogP) is 4.66. The third kappa shape index (κ3) is 3.90. The maximum atomic E-state index is 5.36. The summed E-state index contributed by atoms with van der Waals surface area (Å²) in [6, 6.07) is 20.8. The Morgan fingerprint density at radius 2 is 1.59 bits per heavy atom. The molecule has 5 heteroatoms. The van der Waals surface area contributed by atoms with E-state index in [0.717, 1.165) is 41.7 Å². The summed E-state index contributed by atoms with van der Waals surface area (Å²) in [4.78, 5) is 3.53. The van der Waals surface area contributed by atoms with Crippen molar-refractivity contribution in [2.24, 2.45) is 0 Å². The summed E-state index contributed by atoms with van der Waals surface area (Å²) in [5.41, 5.74) is 4.43. The maximum absolute atomic E-state index is 5.36. The number of hydrogen-bond donors (Lipinski definition) is 2. The molecule has 0 aliphatic rings. The molecule has 1 heterocycles. The molecule has 0 unspecified atom stereocenters. The van der Waals surface area contributed by atoms with Crippen LogP contribution in [0, 0.1) is 6.92 Å². The largest absolute Gasteiger partial charge is 0.493 e. The van der Waals surface area contributed by atoms with Gasteiger partial charge in [-0.1, -0.05) is 24.3 Å². The smallest absolute Gasteiger partial charge is 0.221 e. The number of hydrogen-bond acceptors (Lipinski definition) is 4. The van der Waals surface area contributed by atoms with Crippen molar-refractivity contribution in [2.75, 3.05) is 37.9 Å². The van der Waals surface area contributed by atoms with Crippen molar-refractivity contribution >= 4 is 33.1 Å². The van der Waals surface area contributed by atoms with Gasteiger partial charge < -0.3 is 20.1 Å². The van der Waals surface area contributed by atoms with Crippen LogP contribution in [0.5, 0.6) is 11.5 Å². The highest BCUT2D eigenvalue weighted by Gasteiger charge is 2.12. The number of benzene rings is 3. The fourth-order valence-corrected chi connectivity index (χ4v) is 3.65. The van der Waals surface area contributed by atoms with Crippen molar-refractivity contribution in [3.8, 4) is 11.5 Å². The lowest BCUT2D eigenvalue weighted by Gasteiger charge is -2.13. The summed E-state index contributed by atoms with van der Waals surface area (Å²) >= 11 is 0. The highest BCUT2D eigenvalue weighted by Crippen LogP contribution is 2.30. The average molecular weight is 388 g/mol. The minimum atomic E-state index is 0.720. The highest BCUT2D eigenvalue weighted by atomic mass is 16.5. The van der Waals surface area contributed by atoms with Gasteiger partial charge >= 0.3 is 0 Å². The third-order valence-corrected chi connectivity index (χ3v) is 5.06. The van der Waals surface area contributed by atoms with Crippen LogP contribution in [0.4, 0.5) is 11.4 Å². The van der Waals surface area contributed by atoms with Gasteiger partial charge in [0.05, 0.1) is 30.7 Å². The van der Waals surface area contributed by atoms with E-state index in [2.05, 4.69) is 65.0 Å². The van der Waals surface area contributed by atoms with Crippen molar-refractivity contribution < 1.29 is 14.5 Å². The Morgan fingerprint density at radius 1 is 0.793 bits per heavy atom. The molecule has 4 rings (SSSR count). The van der Waals surface area contributed by atoms with E-state index in [1.165, 1.54) is 21.7 Å². The standard InChI is InChI=1S/C24H25N3O2/c1-16-14-21(20-10-8-17-6-4-5-7-19(17)24(20)27-16)26-13-12-25-18-9-11-22(28-2)23(15-18)29-3/h4-11,14-15,25H,12-13H2,1-3H3,(H,26,27)/p+1. The van der Waals surface area contributed by atoms with E-state index >= 15 is 0 Å². The van der Waals surface area contributed by atoms with E-state index in [9.17, 15) is 0 Å². The minimum absolute atomic E-state index is 0.720. The van der Waals surface area contributed by atoms with Gasteiger partial charge in [-0.15, -0.1) is 0 Å². The Morgan fingerprint density at radius 3 is 2.41 bits per heavy atom. The first kappa shape index (κ1) is 18.9. The van der Waals surface area contributed by atoms with Crippen LogP contribution in [0.15, 0.2) is 60.7 Å². The number of anilines is 2. The van der Waals surface area contributed by atoms with E-state index in [1.807, 2.05) is 18.2 Å². The van der Waals surface area contributed by atoms with E-state index in [4.69, 9.17) is 9.47 Å². The number of rotatable bonds is 7. The average Bonchev–Trinajstić information content (AvgIpc) is 2.76. The van der Waals surface area contributed by atoms with Gasteiger partial charge in [0.15, 0.2) is 17.2 Å². The number of pyridine rings is 1. The molecule has 1 aromatic heterocycles. The SMILES string of the molecule is COc1ccc(NCCNc2cc(C)[nH+]c3c2ccc2ccccc23)cc1OC. The van der Waals surface area contributed by atoms with Crippen LogP contribution in [0.25, 0.3) is 21.7 Å². The molecular weight excluding hydrogens is 362 g/mol. The predicted molar refractivity (Wildman–Crippen MR) is 119 cm³/mol. The zero-order chi connectivity index (χ0) is 20.2. The lowest BCUT2D eigenvalue weighted by atomic mass is 10.0. The van der Waals surface area contributed by atoms with Crippen LogP contribution in [0.2, 0.25) is 0 Å². The van der Waals surface area contributed by atoms with Crippen molar-refractivity contribution in [1.82, 2.24) is 0 Å². The number of fused-ring (bicyclic) bond motifs is 3. The van der Waals surface area contributed by atoms with Gasteiger partial charge in [-0.3, -0.25) is 0 Å². The maximum Gasteiger partial charge on any atom is 0.221 e. The molecule has 0 spiro atoms. The van der Waals surface area contributed by atoms with Crippen LogP contribution in [0.1, 0.15) is 5.69 Å². The zero-order valence-corrected chi connectivity index (χ0v) is 17.0.